The van der Waals surface area contributed by atoms with Gasteiger partial charge >= 0.3 is 0 Å². The Morgan fingerprint density at radius 3 is 3.00 bits per heavy atom. The number of carbonyl (C=O) groups excluding carboxylic acids is 1. The molecule has 1 amide bonds. The molecule has 0 radical (unpaired) electrons. The summed E-state index contributed by atoms with van der Waals surface area (Å²) in [6.45, 7) is 1.24. The van der Waals surface area contributed by atoms with E-state index in [0.717, 1.165) is 19.4 Å². The number of hydrogen-bond acceptors (Lipinski definition) is 5. The molecule has 3 rings (SSSR count). The van der Waals surface area contributed by atoms with Crippen LogP contribution in [0.15, 0.2) is 34.2 Å². The molecule has 1 fully saturated rings. The average Bonchev–Trinajstić information content (AvgIpc) is 3.04. The first-order valence-corrected chi connectivity index (χ1v) is 8.66. The van der Waals surface area contributed by atoms with E-state index in [1.807, 2.05) is 18.2 Å². The quantitative estimate of drug-likeness (QED) is 0.640. The maximum atomic E-state index is 12.8. The molecule has 1 atom stereocenters. The molecule has 2 aromatic rings. The lowest BCUT2D eigenvalue weighted by Gasteiger charge is -2.16. The van der Waals surface area contributed by atoms with Gasteiger partial charge in [0.15, 0.2) is 5.16 Å². The number of benzene rings is 1. The van der Waals surface area contributed by atoms with Crippen LogP contribution in [0.3, 0.4) is 0 Å². The smallest absolute Gasteiger partial charge is 0.262 e. The van der Waals surface area contributed by atoms with Gasteiger partial charge in [-0.2, -0.15) is 0 Å². The summed E-state index contributed by atoms with van der Waals surface area (Å²) in [5.41, 5.74) is 5.79. The van der Waals surface area contributed by atoms with Crippen molar-refractivity contribution in [2.45, 2.75) is 37.1 Å². The molecule has 1 unspecified atom stereocenters. The van der Waals surface area contributed by atoms with Gasteiger partial charge in [0.1, 0.15) is 0 Å². The third kappa shape index (κ3) is 3.73. The lowest BCUT2D eigenvalue weighted by molar-refractivity contribution is -0.117. The summed E-state index contributed by atoms with van der Waals surface area (Å²) in [4.78, 5) is 28.3. The molecule has 6 nitrogen and oxygen atoms in total. The highest BCUT2D eigenvalue weighted by Gasteiger charge is 2.20. The minimum atomic E-state index is -0.355. The van der Waals surface area contributed by atoms with Crippen molar-refractivity contribution in [2.24, 2.45) is 5.73 Å². The first-order valence-electron chi connectivity index (χ1n) is 7.67. The van der Waals surface area contributed by atoms with Gasteiger partial charge in [0.2, 0.25) is 5.91 Å². The number of amides is 1. The van der Waals surface area contributed by atoms with E-state index >= 15 is 0 Å². The lowest BCUT2D eigenvalue weighted by Crippen LogP contribution is -2.29. The number of nitrogens with zero attached hydrogens (tertiary/aromatic N) is 2. The molecule has 0 aliphatic carbocycles. The number of carbonyl (C=O) groups is 1. The second-order valence-electron chi connectivity index (χ2n) is 5.53. The van der Waals surface area contributed by atoms with E-state index in [1.54, 1.807) is 10.6 Å². The molecule has 2 N–H and O–H groups in total. The van der Waals surface area contributed by atoms with Crippen LogP contribution in [0.5, 0.6) is 0 Å². The maximum absolute atomic E-state index is 12.8. The fourth-order valence-corrected chi connectivity index (χ4v) is 3.62. The topological polar surface area (TPSA) is 87.2 Å². The zero-order valence-corrected chi connectivity index (χ0v) is 13.6. The van der Waals surface area contributed by atoms with Gasteiger partial charge in [-0.05, 0) is 25.0 Å². The third-order valence-electron chi connectivity index (χ3n) is 3.82. The Balaban J connectivity index is 1.96. The molecule has 1 aromatic carbocycles. The Hall–Kier alpha value is -1.86. The number of hydrogen-bond donors (Lipinski definition) is 1. The highest BCUT2D eigenvalue weighted by atomic mass is 32.2. The molecule has 0 saturated carbocycles. The molecule has 23 heavy (non-hydrogen) atoms. The fourth-order valence-electron chi connectivity index (χ4n) is 2.65. The number of para-hydroxylation sites is 1. The van der Waals surface area contributed by atoms with E-state index in [4.69, 9.17) is 10.5 Å². The zero-order valence-electron chi connectivity index (χ0n) is 12.7. The van der Waals surface area contributed by atoms with Crippen molar-refractivity contribution in [3.8, 4) is 0 Å². The van der Waals surface area contributed by atoms with Crippen LogP contribution in [0, 0.1) is 0 Å². The van der Waals surface area contributed by atoms with Gasteiger partial charge in [0, 0.05) is 18.8 Å². The molecule has 0 bridgehead atoms. The Kier molecular flexibility index (Phi) is 4.97. The van der Waals surface area contributed by atoms with Crippen LogP contribution in [0.4, 0.5) is 0 Å². The van der Waals surface area contributed by atoms with Gasteiger partial charge in [0.05, 0.1) is 23.6 Å². The highest BCUT2D eigenvalue weighted by Crippen LogP contribution is 2.21. The van der Waals surface area contributed by atoms with Gasteiger partial charge in [-0.1, -0.05) is 23.9 Å². The summed E-state index contributed by atoms with van der Waals surface area (Å²) < 4.78 is 7.32. The summed E-state index contributed by atoms with van der Waals surface area (Å²) in [5.74, 6) is 0.150. The van der Waals surface area contributed by atoms with E-state index in [2.05, 4.69) is 4.98 Å². The van der Waals surface area contributed by atoms with E-state index in [1.165, 1.54) is 11.8 Å². The second-order valence-corrected chi connectivity index (χ2v) is 6.59. The first-order chi connectivity index (χ1) is 11.1. The van der Waals surface area contributed by atoms with Gasteiger partial charge in [-0.3, -0.25) is 14.2 Å². The normalized spacial score (nSPS) is 17.7. The van der Waals surface area contributed by atoms with Crippen LogP contribution in [-0.4, -0.2) is 33.9 Å². The SMILES string of the molecule is NC(=O)CCSc1nc2ccccc2c(=O)n1CC1CCCO1. The van der Waals surface area contributed by atoms with E-state index in [9.17, 15) is 9.59 Å². The average molecular weight is 333 g/mol. The number of nitrogens with two attached hydrogens (primary N) is 1. The number of primary amides is 1. The Labute approximate surface area is 138 Å². The van der Waals surface area contributed by atoms with Gasteiger partial charge in [0.25, 0.3) is 5.56 Å². The Bertz CT molecular complexity index is 769. The molecule has 1 saturated heterocycles. The molecular weight excluding hydrogens is 314 g/mol. The molecule has 1 aliphatic heterocycles. The largest absolute Gasteiger partial charge is 0.376 e. The molecule has 2 heterocycles. The number of rotatable bonds is 6. The summed E-state index contributed by atoms with van der Waals surface area (Å²) in [6.07, 6.45) is 2.27. The van der Waals surface area contributed by atoms with Crippen molar-refractivity contribution in [3.05, 3.63) is 34.6 Å². The van der Waals surface area contributed by atoms with E-state index in [0.29, 0.717) is 28.4 Å². The minimum absolute atomic E-state index is 0.0474. The van der Waals surface area contributed by atoms with Crippen LogP contribution in [0.1, 0.15) is 19.3 Å². The zero-order chi connectivity index (χ0) is 16.2. The number of fused-ring (bicyclic) bond motifs is 1. The second kappa shape index (κ2) is 7.14. The van der Waals surface area contributed by atoms with Crippen molar-refractivity contribution in [2.75, 3.05) is 12.4 Å². The van der Waals surface area contributed by atoms with Crippen molar-refractivity contribution in [3.63, 3.8) is 0 Å². The minimum Gasteiger partial charge on any atom is -0.376 e. The van der Waals surface area contributed by atoms with Crippen molar-refractivity contribution < 1.29 is 9.53 Å². The van der Waals surface area contributed by atoms with E-state index in [-0.39, 0.29) is 24.0 Å². The number of thioether (sulfide) groups is 1. The summed E-state index contributed by atoms with van der Waals surface area (Å²) in [5, 5.41) is 1.22. The molecule has 0 spiro atoms. The summed E-state index contributed by atoms with van der Waals surface area (Å²) in [7, 11) is 0. The van der Waals surface area contributed by atoms with Crippen molar-refractivity contribution >= 4 is 28.6 Å². The monoisotopic (exact) mass is 333 g/mol. The van der Waals surface area contributed by atoms with Crippen LogP contribution in [0.25, 0.3) is 10.9 Å². The third-order valence-corrected chi connectivity index (χ3v) is 4.79. The molecule has 7 heteroatoms. The first kappa shape index (κ1) is 16.0. The molecule has 1 aromatic heterocycles. The molecule has 122 valence electrons. The van der Waals surface area contributed by atoms with Gasteiger partial charge < -0.3 is 10.5 Å². The lowest BCUT2D eigenvalue weighted by atomic mass is 10.2. The maximum Gasteiger partial charge on any atom is 0.262 e. The van der Waals surface area contributed by atoms with Crippen LogP contribution in [-0.2, 0) is 16.1 Å². The fraction of sp³-hybridized carbons (Fsp3) is 0.438. The van der Waals surface area contributed by atoms with Crippen LogP contribution in [0.2, 0.25) is 0 Å². The predicted molar refractivity (Wildman–Crippen MR) is 89.5 cm³/mol. The standard InChI is InChI=1S/C16H19N3O3S/c17-14(20)7-9-23-16-18-13-6-2-1-5-12(13)15(21)19(16)10-11-4-3-8-22-11/h1-2,5-6,11H,3-4,7-10H2,(H2,17,20). The molecular formula is C16H19N3O3S. The summed E-state index contributed by atoms with van der Waals surface area (Å²) in [6, 6.07) is 7.30. The van der Waals surface area contributed by atoms with Crippen LogP contribution < -0.4 is 11.3 Å². The number of ether oxygens (including phenoxy) is 1. The Morgan fingerprint density at radius 2 is 2.26 bits per heavy atom. The van der Waals surface area contributed by atoms with E-state index < -0.39 is 0 Å². The molecule has 1 aliphatic rings. The highest BCUT2D eigenvalue weighted by molar-refractivity contribution is 7.99. The van der Waals surface area contributed by atoms with Crippen molar-refractivity contribution in [1.82, 2.24) is 9.55 Å². The van der Waals surface area contributed by atoms with Gasteiger partial charge in [-0.25, -0.2) is 4.98 Å². The van der Waals surface area contributed by atoms with Crippen LogP contribution >= 0.6 is 11.8 Å². The Morgan fingerprint density at radius 1 is 1.43 bits per heavy atom. The number of aromatic nitrogens is 2. The summed E-state index contributed by atoms with van der Waals surface area (Å²) >= 11 is 1.38. The van der Waals surface area contributed by atoms with Crippen molar-refractivity contribution in [1.29, 1.82) is 0 Å². The predicted octanol–water partition coefficient (Wildman–Crippen LogP) is 1.54. The van der Waals surface area contributed by atoms with Gasteiger partial charge in [-0.15, -0.1) is 0 Å².